The predicted octanol–water partition coefficient (Wildman–Crippen LogP) is 3.38. The molecule has 0 aliphatic carbocycles. The van der Waals surface area contributed by atoms with Crippen molar-refractivity contribution in [3.05, 3.63) is 47.9 Å². The lowest BCUT2D eigenvalue weighted by Gasteiger charge is -2.20. The lowest BCUT2D eigenvalue weighted by Crippen LogP contribution is -2.23. The van der Waals surface area contributed by atoms with E-state index in [4.69, 9.17) is 9.40 Å². The van der Waals surface area contributed by atoms with Crippen molar-refractivity contribution in [3.8, 4) is 0 Å². The van der Waals surface area contributed by atoms with Crippen LogP contribution < -0.4 is 10.2 Å². The highest BCUT2D eigenvalue weighted by Gasteiger charge is 2.22. The minimum atomic E-state index is -0.303. The summed E-state index contributed by atoms with van der Waals surface area (Å²) >= 11 is 0. The number of nitrogens with zero attached hydrogens (tertiary/aromatic N) is 3. The van der Waals surface area contributed by atoms with Gasteiger partial charge in [-0.2, -0.15) is 0 Å². The first-order chi connectivity index (χ1) is 11.7. The van der Waals surface area contributed by atoms with Crippen LogP contribution in [-0.4, -0.2) is 29.0 Å². The van der Waals surface area contributed by atoms with Crippen molar-refractivity contribution in [2.45, 2.75) is 19.8 Å². The number of benzene rings is 1. The zero-order valence-corrected chi connectivity index (χ0v) is 13.5. The lowest BCUT2D eigenvalue weighted by atomic mass is 10.2. The number of anilines is 2. The normalized spacial score (nSPS) is 14.3. The van der Waals surface area contributed by atoms with Crippen molar-refractivity contribution < 1.29 is 9.21 Å². The van der Waals surface area contributed by atoms with E-state index in [9.17, 15) is 4.79 Å². The fourth-order valence-electron chi connectivity index (χ4n) is 2.99. The summed E-state index contributed by atoms with van der Waals surface area (Å²) in [5.41, 5.74) is 2.38. The van der Waals surface area contributed by atoms with Gasteiger partial charge in [0, 0.05) is 18.7 Å². The maximum atomic E-state index is 12.5. The van der Waals surface area contributed by atoms with Crippen molar-refractivity contribution in [3.63, 3.8) is 0 Å². The molecule has 2 aromatic heterocycles. The molecule has 4 rings (SSSR count). The summed E-state index contributed by atoms with van der Waals surface area (Å²) in [5.74, 6) is 1.21. The van der Waals surface area contributed by atoms with Gasteiger partial charge in [0.1, 0.15) is 0 Å². The van der Waals surface area contributed by atoms with Crippen molar-refractivity contribution in [2.24, 2.45) is 0 Å². The molecule has 0 atom stereocenters. The minimum absolute atomic E-state index is 0.303. The Kier molecular flexibility index (Phi) is 3.65. The zero-order valence-electron chi connectivity index (χ0n) is 13.5. The van der Waals surface area contributed by atoms with Gasteiger partial charge < -0.3 is 14.6 Å². The average molecular weight is 322 g/mol. The van der Waals surface area contributed by atoms with Crippen LogP contribution in [0.4, 0.5) is 11.6 Å². The Hall–Kier alpha value is -2.89. The number of aromatic nitrogens is 2. The number of carbonyl (C=O) groups excluding carboxylic acids is 1. The molecule has 24 heavy (non-hydrogen) atoms. The molecule has 0 unspecified atom stereocenters. The van der Waals surface area contributed by atoms with Gasteiger partial charge in [-0.05, 0) is 38.0 Å². The summed E-state index contributed by atoms with van der Waals surface area (Å²) in [6.07, 6.45) is 3.76. The smallest absolute Gasteiger partial charge is 0.292 e. The van der Waals surface area contributed by atoms with Crippen LogP contribution in [0.2, 0.25) is 0 Å². The third-order valence-corrected chi connectivity index (χ3v) is 4.26. The van der Waals surface area contributed by atoms with Crippen molar-refractivity contribution in [1.82, 2.24) is 9.97 Å². The Morgan fingerprint density at radius 3 is 2.50 bits per heavy atom. The monoisotopic (exact) mass is 322 g/mol. The molecule has 0 saturated carbocycles. The molecule has 3 aromatic rings. The number of furan rings is 1. The molecular weight excluding hydrogens is 304 g/mol. The van der Waals surface area contributed by atoms with Gasteiger partial charge in [0.15, 0.2) is 17.4 Å². The molecule has 6 nitrogen and oxygen atoms in total. The maximum absolute atomic E-state index is 12.5. The van der Waals surface area contributed by atoms with E-state index in [0.29, 0.717) is 11.6 Å². The van der Waals surface area contributed by atoms with E-state index in [2.05, 4.69) is 15.2 Å². The Labute approximate surface area is 139 Å². The van der Waals surface area contributed by atoms with Gasteiger partial charge in [0.2, 0.25) is 0 Å². The first-order valence-electron chi connectivity index (χ1n) is 8.09. The van der Waals surface area contributed by atoms with Crippen molar-refractivity contribution in [2.75, 3.05) is 23.3 Å². The molecule has 0 bridgehead atoms. The number of aryl methyl sites for hydroxylation is 1. The molecule has 0 radical (unpaired) electrons. The Morgan fingerprint density at radius 1 is 1.12 bits per heavy atom. The SMILES string of the molecule is Cc1ccoc1C(=O)Nc1nc2ccccc2nc1N1CCCC1. The zero-order chi connectivity index (χ0) is 16.5. The fourth-order valence-corrected chi connectivity index (χ4v) is 2.99. The van der Waals surface area contributed by atoms with Crippen LogP contribution in [0.1, 0.15) is 29.0 Å². The molecule has 1 saturated heterocycles. The van der Waals surface area contributed by atoms with Crippen LogP contribution in [0.15, 0.2) is 41.0 Å². The van der Waals surface area contributed by atoms with Crippen LogP contribution in [0.3, 0.4) is 0 Å². The number of fused-ring (bicyclic) bond motifs is 1. The first kappa shape index (κ1) is 14.7. The first-order valence-corrected chi connectivity index (χ1v) is 8.09. The highest BCUT2D eigenvalue weighted by molar-refractivity contribution is 6.04. The van der Waals surface area contributed by atoms with E-state index >= 15 is 0 Å². The van der Waals surface area contributed by atoms with E-state index in [-0.39, 0.29) is 5.91 Å². The summed E-state index contributed by atoms with van der Waals surface area (Å²) in [6.45, 7) is 3.69. The Balaban J connectivity index is 1.76. The van der Waals surface area contributed by atoms with E-state index in [1.54, 1.807) is 6.07 Å². The number of para-hydroxylation sites is 2. The van der Waals surface area contributed by atoms with E-state index < -0.39 is 0 Å². The van der Waals surface area contributed by atoms with Gasteiger partial charge in [-0.3, -0.25) is 4.79 Å². The van der Waals surface area contributed by atoms with Gasteiger partial charge >= 0.3 is 0 Å². The second kappa shape index (κ2) is 5.96. The van der Waals surface area contributed by atoms with E-state index in [0.717, 1.165) is 48.3 Å². The number of hydrogen-bond donors (Lipinski definition) is 1. The van der Waals surface area contributed by atoms with Crippen LogP contribution in [-0.2, 0) is 0 Å². The van der Waals surface area contributed by atoms with Gasteiger partial charge in [0.25, 0.3) is 5.91 Å². The molecule has 1 fully saturated rings. The number of nitrogens with one attached hydrogen (secondary N) is 1. The Bertz CT molecular complexity index is 897. The molecule has 1 amide bonds. The highest BCUT2D eigenvalue weighted by Crippen LogP contribution is 2.28. The minimum Gasteiger partial charge on any atom is -0.459 e. The van der Waals surface area contributed by atoms with E-state index in [1.165, 1.54) is 6.26 Å². The average Bonchev–Trinajstić information content (AvgIpc) is 3.25. The van der Waals surface area contributed by atoms with Crippen molar-refractivity contribution in [1.29, 1.82) is 0 Å². The van der Waals surface area contributed by atoms with Gasteiger partial charge in [0.05, 0.1) is 17.3 Å². The lowest BCUT2D eigenvalue weighted by molar-refractivity contribution is 0.0995. The standard InChI is InChI=1S/C18H18N4O2/c1-12-8-11-24-15(12)18(23)21-16-17(22-9-4-5-10-22)20-14-7-3-2-6-13(14)19-16/h2-3,6-8,11H,4-5,9-10H2,1H3,(H,19,21,23). The van der Waals surface area contributed by atoms with Crippen LogP contribution in [0.5, 0.6) is 0 Å². The van der Waals surface area contributed by atoms with Gasteiger partial charge in [-0.15, -0.1) is 0 Å². The third kappa shape index (κ3) is 2.60. The summed E-state index contributed by atoms with van der Waals surface area (Å²) < 4.78 is 5.28. The van der Waals surface area contributed by atoms with Crippen LogP contribution in [0.25, 0.3) is 11.0 Å². The topological polar surface area (TPSA) is 71.3 Å². The number of rotatable bonds is 3. The summed E-state index contributed by atoms with van der Waals surface area (Å²) in [5, 5.41) is 2.87. The van der Waals surface area contributed by atoms with Gasteiger partial charge in [-0.1, -0.05) is 12.1 Å². The second-order valence-electron chi connectivity index (χ2n) is 5.97. The molecule has 122 valence electrons. The van der Waals surface area contributed by atoms with Crippen LogP contribution in [0, 0.1) is 6.92 Å². The molecule has 1 aliphatic rings. The quantitative estimate of drug-likeness (QED) is 0.800. The maximum Gasteiger partial charge on any atom is 0.292 e. The molecular formula is C18H18N4O2. The molecule has 1 aromatic carbocycles. The van der Waals surface area contributed by atoms with Gasteiger partial charge in [-0.25, -0.2) is 9.97 Å². The summed E-state index contributed by atoms with van der Waals surface area (Å²) in [6, 6.07) is 9.44. The number of carbonyl (C=O) groups is 1. The summed E-state index contributed by atoms with van der Waals surface area (Å²) in [4.78, 5) is 24.0. The molecule has 6 heteroatoms. The number of hydrogen-bond acceptors (Lipinski definition) is 5. The molecule has 0 spiro atoms. The van der Waals surface area contributed by atoms with Crippen molar-refractivity contribution >= 4 is 28.6 Å². The highest BCUT2D eigenvalue weighted by atomic mass is 16.3. The second-order valence-corrected chi connectivity index (χ2v) is 5.97. The molecule has 1 N–H and O–H groups in total. The third-order valence-electron chi connectivity index (χ3n) is 4.26. The molecule has 3 heterocycles. The van der Waals surface area contributed by atoms with Crippen LogP contribution >= 0.6 is 0 Å². The molecule has 1 aliphatic heterocycles. The summed E-state index contributed by atoms with van der Waals surface area (Å²) in [7, 11) is 0. The Morgan fingerprint density at radius 2 is 1.83 bits per heavy atom. The van der Waals surface area contributed by atoms with E-state index in [1.807, 2.05) is 31.2 Å². The fraction of sp³-hybridized carbons (Fsp3) is 0.278. The predicted molar refractivity (Wildman–Crippen MR) is 92.4 cm³/mol. The largest absolute Gasteiger partial charge is 0.459 e. The number of amides is 1.